The first-order valence-electron chi connectivity index (χ1n) is 6.02. The number of carboxylic acids is 1. The van der Waals surface area contributed by atoms with E-state index >= 15 is 0 Å². The fourth-order valence-corrected chi connectivity index (χ4v) is 2.34. The summed E-state index contributed by atoms with van der Waals surface area (Å²) in [5, 5.41) is 11.7. The van der Waals surface area contributed by atoms with Gasteiger partial charge in [0.2, 0.25) is 0 Å². The molecule has 2 N–H and O–H groups in total. The molecule has 104 valence electrons. The molecule has 0 radical (unpaired) electrons. The minimum Gasteiger partial charge on any atom is -0.481 e. The van der Waals surface area contributed by atoms with Crippen LogP contribution in [0.25, 0.3) is 0 Å². The molecule has 2 rings (SSSR count). The van der Waals surface area contributed by atoms with Crippen molar-refractivity contribution >= 4 is 11.7 Å². The van der Waals surface area contributed by atoms with Gasteiger partial charge in [0.1, 0.15) is 0 Å². The van der Waals surface area contributed by atoms with Gasteiger partial charge in [-0.1, -0.05) is 18.2 Å². The highest BCUT2D eigenvalue weighted by Gasteiger charge is 2.46. The second-order valence-electron chi connectivity index (χ2n) is 4.71. The van der Waals surface area contributed by atoms with Crippen molar-refractivity contribution in [3.8, 4) is 0 Å². The molecule has 0 aromatic heterocycles. The Morgan fingerprint density at radius 3 is 2.74 bits per heavy atom. The molecule has 1 aliphatic heterocycles. The van der Waals surface area contributed by atoms with Crippen molar-refractivity contribution in [1.82, 2.24) is 0 Å². The van der Waals surface area contributed by atoms with Gasteiger partial charge in [-0.2, -0.15) is 13.2 Å². The SMILES string of the molecule is O=C(O)[C@H](C[C@H]1CCc2ccccc2N1)C(F)(F)F. The van der Waals surface area contributed by atoms with Gasteiger partial charge < -0.3 is 10.4 Å². The van der Waals surface area contributed by atoms with E-state index < -0.39 is 30.5 Å². The highest BCUT2D eigenvalue weighted by atomic mass is 19.4. The van der Waals surface area contributed by atoms with Crippen LogP contribution in [0.5, 0.6) is 0 Å². The van der Waals surface area contributed by atoms with E-state index in [9.17, 15) is 18.0 Å². The molecule has 1 aliphatic rings. The van der Waals surface area contributed by atoms with E-state index in [0.717, 1.165) is 11.3 Å². The number of hydrogen-bond acceptors (Lipinski definition) is 2. The fourth-order valence-electron chi connectivity index (χ4n) is 2.34. The maximum Gasteiger partial charge on any atom is 0.402 e. The van der Waals surface area contributed by atoms with E-state index in [0.29, 0.717) is 12.8 Å². The smallest absolute Gasteiger partial charge is 0.402 e. The summed E-state index contributed by atoms with van der Waals surface area (Å²) >= 11 is 0. The number of anilines is 1. The lowest BCUT2D eigenvalue weighted by Crippen LogP contribution is -2.37. The summed E-state index contributed by atoms with van der Waals surface area (Å²) in [5.41, 5.74) is 1.85. The Kier molecular flexibility index (Phi) is 3.68. The van der Waals surface area contributed by atoms with Crippen LogP contribution in [-0.4, -0.2) is 23.3 Å². The van der Waals surface area contributed by atoms with E-state index in [4.69, 9.17) is 5.11 Å². The molecular weight excluding hydrogens is 259 g/mol. The monoisotopic (exact) mass is 273 g/mol. The molecule has 0 aliphatic carbocycles. The predicted molar refractivity (Wildman–Crippen MR) is 64.0 cm³/mol. The highest BCUT2D eigenvalue weighted by molar-refractivity contribution is 5.71. The summed E-state index contributed by atoms with van der Waals surface area (Å²) < 4.78 is 37.8. The quantitative estimate of drug-likeness (QED) is 0.889. The molecule has 19 heavy (non-hydrogen) atoms. The Hall–Kier alpha value is -1.72. The zero-order chi connectivity index (χ0) is 14.0. The summed E-state index contributed by atoms with van der Waals surface area (Å²) in [6.45, 7) is 0. The van der Waals surface area contributed by atoms with Gasteiger partial charge in [-0.15, -0.1) is 0 Å². The van der Waals surface area contributed by atoms with Crippen molar-refractivity contribution in [3.63, 3.8) is 0 Å². The van der Waals surface area contributed by atoms with Gasteiger partial charge in [0.25, 0.3) is 0 Å². The first-order chi connectivity index (χ1) is 8.88. The second kappa shape index (κ2) is 5.11. The van der Waals surface area contributed by atoms with Crippen molar-refractivity contribution in [2.45, 2.75) is 31.5 Å². The Morgan fingerprint density at radius 2 is 2.11 bits per heavy atom. The largest absolute Gasteiger partial charge is 0.481 e. The van der Waals surface area contributed by atoms with Crippen LogP contribution in [0.15, 0.2) is 24.3 Å². The Morgan fingerprint density at radius 1 is 1.42 bits per heavy atom. The average molecular weight is 273 g/mol. The minimum atomic E-state index is -4.70. The predicted octanol–water partition coefficient (Wildman–Crippen LogP) is 3.07. The van der Waals surface area contributed by atoms with Gasteiger partial charge >= 0.3 is 12.1 Å². The molecule has 0 spiro atoms. The van der Waals surface area contributed by atoms with Gasteiger partial charge in [0.15, 0.2) is 5.92 Å². The molecule has 0 fully saturated rings. The number of alkyl halides is 3. The first-order valence-corrected chi connectivity index (χ1v) is 6.02. The van der Waals surface area contributed by atoms with Gasteiger partial charge in [-0.25, -0.2) is 0 Å². The highest BCUT2D eigenvalue weighted by Crippen LogP contribution is 2.33. The number of hydrogen-bond donors (Lipinski definition) is 2. The zero-order valence-corrected chi connectivity index (χ0v) is 10.1. The van der Waals surface area contributed by atoms with Crippen LogP contribution in [0.1, 0.15) is 18.4 Å². The Labute approximate surface area is 108 Å². The van der Waals surface area contributed by atoms with Crippen LogP contribution in [0.4, 0.5) is 18.9 Å². The number of carboxylic acid groups (broad SMARTS) is 1. The normalized spacial score (nSPS) is 20.3. The summed E-state index contributed by atoms with van der Waals surface area (Å²) in [5.74, 6) is -4.12. The van der Waals surface area contributed by atoms with Gasteiger partial charge in [-0.05, 0) is 30.9 Å². The molecule has 0 amide bonds. The molecule has 6 heteroatoms. The lowest BCUT2D eigenvalue weighted by atomic mass is 9.91. The first kappa shape index (κ1) is 13.7. The van der Waals surface area contributed by atoms with Gasteiger partial charge in [0, 0.05) is 11.7 Å². The van der Waals surface area contributed by atoms with E-state index in [-0.39, 0.29) is 0 Å². The number of benzene rings is 1. The van der Waals surface area contributed by atoms with Gasteiger partial charge in [-0.3, -0.25) is 4.79 Å². The van der Waals surface area contributed by atoms with E-state index in [1.165, 1.54) is 0 Å². The number of halogens is 3. The van der Waals surface area contributed by atoms with Crippen LogP contribution >= 0.6 is 0 Å². The van der Waals surface area contributed by atoms with Crippen LogP contribution in [0, 0.1) is 5.92 Å². The molecule has 0 unspecified atom stereocenters. The summed E-state index contributed by atoms with van der Waals surface area (Å²) in [6, 6.07) is 6.92. The maximum absolute atomic E-state index is 12.6. The number of aryl methyl sites for hydroxylation is 1. The third-order valence-corrected chi connectivity index (χ3v) is 3.35. The van der Waals surface area contributed by atoms with Crippen molar-refractivity contribution in [3.05, 3.63) is 29.8 Å². The third kappa shape index (κ3) is 3.19. The minimum absolute atomic E-state index is 0.437. The second-order valence-corrected chi connectivity index (χ2v) is 4.71. The molecule has 1 aromatic carbocycles. The summed E-state index contributed by atoms with van der Waals surface area (Å²) in [7, 11) is 0. The van der Waals surface area contributed by atoms with Crippen molar-refractivity contribution in [1.29, 1.82) is 0 Å². The third-order valence-electron chi connectivity index (χ3n) is 3.35. The molecule has 1 heterocycles. The van der Waals surface area contributed by atoms with Crippen molar-refractivity contribution < 1.29 is 23.1 Å². The van der Waals surface area contributed by atoms with E-state index in [1.54, 1.807) is 12.1 Å². The molecule has 0 saturated heterocycles. The Bertz CT molecular complexity index is 473. The zero-order valence-electron chi connectivity index (χ0n) is 10.1. The van der Waals surface area contributed by atoms with Gasteiger partial charge in [0.05, 0.1) is 0 Å². The molecule has 0 saturated carbocycles. The Balaban J connectivity index is 2.07. The number of rotatable bonds is 3. The number of aliphatic carboxylic acids is 1. The van der Waals surface area contributed by atoms with Crippen LogP contribution in [-0.2, 0) is 11.2 Å². The molecule has 0 bridgehead atoms. The van der Waals surface area contributed by atoms with Crippen LogP contribution in [0.2, 0.25) is 0 Å². The number of para-hydroxylation sites is 1. The van der Waals surface area contributed by atoms with Crippen LogP contribution < -0.4 is 5.32 Å². The number of fused-ring (bicyclic) bond motifs is 1. The lowest BCUT2D eigenvalue weighted by molar-refractivity contribution is -0.195. The van der Waals surface area contributed by atoms with Crippen molar-refractivity contribution in [2.75, 3.05) is 5.32 Å². The fraction of sp³-hybridized carbons (Fsp3) is 0.462. The van der Waals surface area contributed by atoms with E-state index in [1.807, 2.05) is 12.1 Å². The molecular formula is C13H14F3NO2. The van der Waals surface area contributed by atoms with E-state index in [2.05, 4.69) is 5.32 Å². The van der Waals surface area contributed by atoms with Crippen LogP contribution in [0.3, 0.4) is 0 Å². The topological polar surface area (TPSA) is 49.3 Å². The van der Waals surface area contributed by atoms with Crippen molar-refractivity contribution in [2.24, 2.45) is 5.92 Å². The number of carbonyl (C=O) groups is 1. The summed E-state index contributed by atoms with van der Waals surface area (Å²) in [4.78, 5) is 10.7. The number of nitrogens with one attached hydrogen (secondary N) is 1. The lowest BCUT2D eigenvalue weighted by Gasteiger charge is -2.29. The molecule has 1 aromatic rings. The molecule has 3 nitrogen and oxygen atoms in total. The summed E-state index contributed by atoms with van der Waals surface area (Å²) in [6.07, 6.45) is -3.97. The average Bonchev–Trinajstić information content (AvgIpc) is 2.34. The standard InChI is InChI=1S/C13H14F3NO2/c14-13(15,16)10(12(18)19)7-9-6-5-8-3-1-2-4-11(8)17-9/h1-4,9-10,17H,5-7H2,(H,18,19)/t9-,10+/m1/s1. The molecule has 2 atom stereocenters. The maximum atomic E-state index is 12.6.